The van der Waals surface area contributed by atoms with Crippen LogP contribution in [0.25, 0.3) is 5.69 Å². The van der Waals surface area contributed by atoms with Crippen molar-refractivity contribution in [3.63, 3.8) is 0 Å². The van der Waals surface area contributed by atoms with Crippen molar-refractivity contribution < 1.29 is 14.7 Å². The molecule has 3 aliphatic rings. The molecule has 2 saturated heterocycles. The number of carbonyl (C=O) groups excluding carboxylic acids is 2. The molecule has 0 bridgehead atoms. The third kappa shape index (κ3) is 6.35. The Balaban J connectivity index is 0.00000220. The normalized spacial score (nSPS) is 22.4. The summed E-state index contributed by atoms with van der Waals surface area (Å²) in [5.41, 5.74) is 2.51. The molecule has 1 aromatic heterocycles. The number of para-hydroxylation sites is 1. The summed E-state index contributed by atoms with van der Waals surface area (Å²) in [6.07, 6.45) is 9.35. The number of piperazine rings is 1. The Bertz CT molecular complexity index is 1110. The van der Waals surface area contributed by atoms with E-state index < -0.39 is 17.7 Å². The van der Waals surface area contributed by atoms with E-state index in [1.165, 1.54) is 12.0 Å². The number of aromatic nitrogens is 2. The summed E-state index contributed by atoms with van der Waals surface area (Å²) in [5.74, 6) is -0.0905. The summed E-state index contributed by atoms with van der Waals surface area (Å²) in [6.45, 7) is 7.00. The minimum atomic E-state index is -0.825. The van der Waals surface area contributed by atoms with E-state index in [0.29, 0.717) is 19.4 Å². The van der Waals surface area contributed by atoms with Crippen LogP contribution in [0.1, 0.15) is 76.0 Å². The molecule has 5 rings (SSSR count). The Labute approximate surface area is 250 Å². The summed E-state index contributed by atoms with van der Waals surface area (Å²) < 4.78 is 1.97. The minimum absolute atomic E-state index is 0. The molecule has 222 valence electrons. The van der Waals surface area contributed by atoms with Gasteiger partial charge in [0, 0.05) is 37.4 Å². The first-order valence-electron chi connectivity index (χ1n) is 14.6. The molecule has 8 nitrogen and oxygen atoms in total. The Morgan fingerprint density at radius 3 is 2.40 bits per heavy atom. The van der Waals surface area contributed by atoms with Crippen molar-refractivity contribution in [1.29, 1.82) is 0 Å². The van der Waals surface area contributed by atoms with Gasteiger partial charge in [-0.15, -0.1) is 24.8 Å². The third-order valence-corrected chi connectivity index (χ3v) is 9.16. The van der Waals surface area contributed by atoms with E-state index in [0.717, 1.165) is 69.5 Å². The van der Waals surface area contributed by atoms with Crippen LogP contribution in [0.5, 0.6) is 0 Å². The van der Waals surface area contributed by atoms with Gasteiger partial charge < -0.3 is 15.3 Å². The topological polar surface area (TPSA) is 90.7 Å². The number of halogens is 2. The zero-order chi connectivity index (χ0) is 26.7. The molecule has 2 aliphatic heterocycles. The van der Waals surface area contributed by atoms with Crippen LogP contribution in [0, 0.1) is 12.8 Å². The molecule has 1 spiro atoms. The number of unbranched alkanes of at least 4 members (excludes halogenated alkanes) is 1. The zero-order valence-corrected chi connectivity index (χ0v) is 25.4. The molecule has 2 amide bonds. The van der Waals surface area contributed by atoms with E-state index in [9.17, 15) is 14.7 Å². The van der Waals surface area contributed by atoms with Gasteiger partial charge in [0.25, 0.3) is 0 Å². The number of rotatable bonds is 8. The number of nitrogens with one attached hydrogen (secondary N) is 1. The highest BCUT2D eigenvalue weighted by Gasteiger charge is 2.55. The first-order valence-corrected chi connectivity index (χ1v) is 14.6. The highest BCUT2D eigenvalue weighted by Crippen LogP contribution is 2.36. The number of carbonyl (C=O) groups is 2. The lowest BCUT2D eigenvalue weighted by molar-refractivity contribution is -0.166. The third-order valence-electron chi connectivity index (χ3n) is 9.16. The second-order valence-electron chi connectivity index (χ2n) is 11.5. The molecular weight excluding hydrogens is 549 g/mol. The van der Waals surface area contributed by atoms with Crippen LogP contribution in [-0.2, 0) is 16.1 Å². The van der Waals surface area contributed by atoms with Gasteiger partial charge in [0.05, 0.1) is 18.0 Å². The molecule has 1 aliphatic carbocycles. The molecule has 1 saturated carbocycles. The maximum absolute atomic E-state index is 13.8. The number of hydrogen-bond donors (Lipinski definition) is 2. The van der Waals surface area contributed by atoms with Crippen molar-refractivity contribution in [3.8, 4) is 5.69 Å². The highest BCUT2D eigenvalue weighted by molar-refractivity contribution is 6.00. The number of amides is 2. The Morgan fingerprint density at radius 2 is 1.75 bits per heavy atom. The van der Waals surface area contributed by atoms with Crippen molar-refractivity contribution >= 4 is 36.6 Å². The van der Waals surface area contributed by atoms with Crippen molar-refractivity contribution in [2.75, 3.05) is 19.6 Å². The smallest absolute Gasteiger partial charge is 0.248 e. The van der Waals surface area contributed by atoms with E-state index >= 15 is 0 Å². The fraction of sp³-hybridized carbons (Fsp3) is 0.633. The number of aliphatic hydroxyl groups is 1. The minimum Gasteiger partial charge on any atom is -0.390 e. The average molecular weight is 595 g/mol. The molecule has 3 heterocycles. The van der Waals surface area contributed by atoms with Gasteiger partial charge in [0.15, 0.2) is 0 Å². The fourth-order valence-corrected chi connectivity index (χ4v) is 6.71. The Morgan fingerprint density at radius 1 is 1.07 bits per heavy atom. The van der Waals surface area contributed by atoms with E-state index in [4.69, 9.17) is 0 Å². The van der Waals surface area contributed by atoms with E-state index in [1.54, 1.807) is 0 Å². The van der Waals surface area contributed by atoms with Crippen LogP contribution in [0.2, 0.25) is 0 Å². The van der Waals surface area contributed by atoms with Crippen molar-refractivity contribution in [2.45, 2.75) is 95.9 Å². The molecule has 0 radical (unpaired) electrons. The fourth-order valence-electron chi connectivity index (χ4n) is 6.71. The van der Waals surface area contributed by atoms with Gasteiger partial charge in [-0.3, -0.25) is 14.5 Å². The quantitative estimate of drug-likeness (QED) is 0.472. The van der Waals surface area contributed by atoms with Gasteiger partial charge in [-0.05, 0) is 57.1 Å². The van der Waals surface area contributed by atoms with E-state index in [-0.39, 0.29) is 42.5 Å². The zero-order valence-electron chi connectivity index (χ0n) is 23.8. The van der Waals surface area contributed by atoms with Crippen molar-refractivity contribution in [1.82, 2.24) is 24.9 Å². The molecule has 2 N–H and O–H groups in total. The molecule has 2 aromatic rings. The number of piperidine rings is 1. The molecule has 2 atom stereocenters. The molecule has 0 unspecified atom stereocenters. The van der Waals surface area contributed by atoms with Gasteiger partial charge in [-0.25, -0.2) is 4.68 Å². The number of hydrogen-bond acceptors (Lipinski definition) is 5. The highest BCUT2D eigenvalue weighted by atomic mass is 35.5. The SMILES string of the molecule is CCCCN1C(=O)[C@@H]([C@H](O)C2CCCCC2)NC(=O)C12CCN(Cc1cnn(-c3ccccc3)c1C)CC2.Cl.Cl. The van der Waals surface area contributed by atoms with Crippen LogP contribution < -0.4 is 5.32 Å². The van der Waals surface area contributed by atoms with Crippen molar-refractivity contribution in [3.05, 3.63) is 47.8 Å². The van der Waals surface area contributed by atoms with Gasteiger partial charge in [-0.2, -0.15) is 5.10 Å². The van der Waals surface area contributed by atoms with Gasteiger partial charge in [-0.1, -0.05) is 50.8 Å². The standard InChI is InChI=1S/C30H43N5O3.2ClH/c1-3-4-17-34-28(37)26(27(36)23-11-7-5-8-12-23)32-29(38)30(34)15-18-33(19-16-30)21-24-20-31-35(22(24)2)25-13-9-6-10-14-25;;/h6,9-10,13-14,20,23,26-27,36H,3-5,7-8,11-12,15-19,21H2,1-2H3,(H,32,38);2*1H/t26-,27-;;/m1../s1. The molecule has 1 aromatic carbocycles. The Hall–Kier alpha value is -2.13. The van der Waals surface area contributed by atoms with Crippen LogP contribution in [0.4, 0.5) is 0 Å². The van der Waals surface area contributed by atoms with Crippen molar-refractivity contribution in [2.24, 2.45) is 5.92 Å². The first kappa shape index (κ1) is 32.4. The number of benzene rings is 1. The lowest BCUT2D eigenvalue weighted by Crippen LogP contribution is -2.75. The monoisotopic (exact) mass is 593 g/mol. The number of nitrogens with zero attached hydrogens (tertiary/aromatic N) is 4. The maximum atomic E-state index is 13.8. The van der Waals surface area contributed by atoms with Gasteiger partial charge >= 0.3 is 0 Å². The summed E-state index contributed by atoms with van der Waals surface area (Å²) in [6, 6.07) is 9.31. The van der Waals surface area contributed by atoms with Crippen LogP contribution >= 0.6 is 24.8 Å². The van der Waals surface area contributed by atoms with Gasteiger partial charge in [0.2, 0.25) is 11.8 Å². The average Bonchev–Trinajstić information content (AvgIpc) is 3.32. The predicted molar refractivity (Wildman–Crippen MR) is 161 cm³/mol. The van der Waals surface area contributed by atoms with E-state index in [1.807, 2.05) is 34.0 Å². The lowest BCUT2D eigenvalue weighted by Gasteiger charge is -2.52. The van der Waals surface area contributed by atoms with E-state index in [2.05, 4.69) is 41.3 Å². The predicted octanol–water partition coefficient (Wildman–Crippen LogP) is 4.43. The lowest BCUT2D eigenvalue weighted by atomic mass is 9.78. The maximum Gasteiger partial charge on any atom is 0.248 e. The molecule has 3 fully saturated rings. The molecule has 40 heavy (non-hydrogen) atoms. The number of aliphatic hydroxyl groups excluding tert-OH is 1. The number of likely N-dealkylation sites (tertiary alicyclic amines) is 1. The van der Waals surface area contributed by atoms with Crippen LogP contribution in [0.15, 0.2) is 36.5 Å². The molecule has 10 heteroatoms. The second kappa shape index (κ2) is 14.2. The van der Waals surface area contributed by atoms with Crippen LogP contribution in [-0.4, -0.2) is 73.8 Å². The first-order chi connectivity index (χ1) is 18.4. The summed E-state index contributed by atoms with van der Waals surface area (Å²) >= 11 is 0. The Kier molecular flexibility index (Phi) is 11.5. The van der Waals surface area contributed by atoms with Gasteiger partial charge in [0.1, 0.15) is 11.6 Å². The summed E-state index contributed by atoms with van der Waals surface area (Å²) in [4.78, 5) is 31.7. The summed E-state index contributed by atoms with van der Waals surface area (Å²) in [7, 11) is 0. The summed E-state index contributed by atoms with van der Waals surface area (Å²) in [5, 5.41) is 18.8. The largest absolute Gasteiger partial charge is 0.390 e. The van der Waals surface area contributed by atoms with Crippen LogP contribution in [0.3, 0.4) is 0 Å². The molecular formula is C30H45Cl2N5O3. The second-order valence-corrected chi connectivity index (χ2v) is 11.5.